The molecule has 1 aliphatic carbocycles. The van der Waals surface area contributed by atoms with Crippen molar-refractivity contribution in [2.24, 2.45) is 0 Å². The van der Waals surface area contributed by atoms with Crippen molar-refractivity contribution < 1.29 is 9.18 Å². The Kier molecular flexibility index (Phi) is 5.28. The smallest absolute Gasteiger partial charge is 0.233 e. The number of nitrogens with one attached hydrogen (secondary N) is 1. The number of carbonyl (C=O) groups excluding carboxylic acids is 1. The van der Waals surface area contributed by atoms with E-state index in [0.29, 0.717) is 5.56 Å². The van der Waals surface area contributed by atoms with Crippen LogP contribution in [0.1, 0.15) is 18.4 Å². The fraction of sp³-hybridized carbons (Fsp3) is 0.259. The number of carbonyl (C=O) groups is 1. The van der Waals surface area contributed by atoms with Gasteiger partial charge in [-0.3, -0.25) is 4.79 Å². The van der Waals surface area contributed by atoms with Crippen LogP contribution in [0.4, 0.5) is 10.1 Å². The monoisotopic (exact) mass is 468 g/mol. The molecule has 1 saturated heterocycles. The van der Waals surface area contributed by atoms with E-state index in [9.17, 15) is 9.18 Å². The third-order valence-electron chi connectivity index (χ3n) is 7.17. The Morgan fingerprint density at radius 2 is 1.60 bits per heavy atom. The van der Waals surface area contributed by atoms with E-state index in [1.807, 2.05) is 41.3 Å². The van der Waals surface area contributed by atoms with E-state index in [4.69, 9.17) is 0 Å². The average Bonchev–Trinajstić information content (AvgIpc) is 3.55. The molecule has 4 aromatic rings. The van der Waals surface area contributed by atoms with Crippen molar-refractivity contribution in [3.63, 3.8) is 0 Å². The number of tetrazole rings is 1. The first kappa shape index (κ1) is 21.5. The third kappa shape index (κ3) is 3.95. The van der Waals surface area contributed by atoms with Crippen molar-refractivity contribution in [1.29, 1.82) is 0 Å². The largest absolute Gasteiger partial charge is 0.368 e. The molecule has 0 unspecified atom stereocenters. The van der Waals surface area contributed by atoms with Crippen molar-refractivity contribution >= 4 is 11.6 Å². The van der Waals surface area contributed by atoms with Gasteiger partial charge in [0, 0.05) is 31.9 Å². The normalized spacial score (nSPS) is 16.8. The molecule has 0 spiro atoms. The van der Waals surface area contributed by atoms with E-state index in [1.54, 1.807) is 6.07 Å². The molecule has 0 bridgehead atoms. The number of H-pyrrole nitrogens is 1. The molecule has 8 heteroatoms. The summed E-state index contributed by atoms with van der Waals surface area (Å²) in [6, 6.07) is 23.3. The summed E-state index contributed by atoms with van der Waals surface area (Å²) in [5.41, 5.74) is 3.97. The Balaban J connectivity index is 1.11. The van der Waals surface area contributed by atoms with Gasteiger partial charge in [0.2, 0.25) is 11.7 Å². The molecule has 1 N–H and O–H groups in total. The van der Waals surface area contributed by atoms with E-state index in [-0.39, 0.29) is 17.1 Å². The van der Waals surface area contributed by atoms with Gasteiger partial charge in [0.15, 0.2) is 0 Å². The van der Waals surface area contributed by atoms with Gasteiger partial charge in [0.05, 0.1) is 11.0 Å². The first-order valence-corrected chi connectivity index (χ1v) is 11.9. The maximum absolute atomic E-state index is 14.6. The summed E-state index contributed by atoms with van der Waals surface area (Å²) < 4.78 is 14.6. The molecule has 2 fully saturated rings. The van der Waals surface area contributed by atoms with Crippen LogP contribution >= 0.6 is 0 Å². The lowest BCUT2D eigenvalue weighted by Gasteiger charge is -2.38. The number of hydrogen-bond donors (Lipinski definition) is 1. The number of amides is 1. The highest BCUT2D eigenvalue weighted by molar-refractivity contribution is 5.91. The minimum atomic E-state index is -0.391. The minimum absolute atomic E-state index is 0.235. The highest BCUT2D eigenvalue weighted by Crippen LogP contribution is 2.49. The first-order chi connectivity index (χ1) is 17.1. The molecule has 1 aromatic heterocycles. The van der Waals surface area contributed by atoms with Crippen LogP contribution in [0.3, 0.4) is 0 Å². The zero-order valence-corrected chi connectivity index (χ0v) is 19.2. The van der Waals surface area contributed by atoms with Crippen LogP contribution in [0.15, 0.2) is 72.8 Å². The van der Waals surface area contributed by atoms with Gasteiger partial charge >= 0.3 is 0 Å². The molecule has 1 aliphatic heterocycles. The van der Waals surface area contributed by atoms with Gasteiger partial charge in [0.1, 0.15) is 5.82 Å². The standard InChI is InChI=1S/C27H25FN6O/c28-24-18-20(8-11-23(24)25-29-31-32-30-25)19-6-9-22(10-7-19)33-14-16-34(17-15-33)26(35)27(12-13-27)21-4-2-1-3-5-21/h1-11,18H,12-17H2,(H,29,30,31,32). The topological polar surface area (TPSA) is 78.0 Å². The van der Waals surface area contributed by atoms with Crippen LogP contribution in [-0.2, 0) is 10.2 Å². The molecule has 3 aromatic carbocycles. The summed E-state index contributed by atoms with van der Waals surface area (Å²) >= 11 is 0. The zero-order valence-electron chi connectivity index (χ0n) is 19.2. The number of rotatable bonds is 5. The molecule has 35 heavy (non-hydrogen) atoms. The molecule has 1 saturated carbocycles. The summed E-state index contributed by atoms with van der Waals surface area (Å²) in [4.78, 5) is 17.6. The number of benzene rings is 3. The highest BCUT2D eigenvalue weighted by atomic mass is 19.1. The van der Waals surface area contributed by atoms with Crippen molar-refractivity contribution in [2.75, 3.05) is 31.1 Å². The fourth-order valence-corrected chi connectivity index (χ4v) is 5.00. The van der Waals surface area contributed by atoms with E-state index in [2.05, 4.69) is 49.8 Å². The van der Waals surface area contributed by atoms with E-state index in [1.165, 1.54) is 6.07 Å². The maximum Gasteiger partial charge on any atom is 0.233 e. The Morgan fingerprint density at radius 3 is 2.23 bits per heavy atom. The Labute approximate surface area is 202 Å². The highest BCUT2D eigenvalue weighted by Gasteiger charge is 2.53. The number of halogens is 1. The summed E-state index contributed by atoms with van der Waals surface area (Å²) in [7, 11) is 0. The second-order valence-corrected chi connectivity index (χ2v) is 9.20. The van der Waals surface area contributed by atoms with Gasteiger partial charge in [-0.2, -0.15) is 5.21 Å². The molecular weight excluding hydrogens is 443 g/mol. The molecule has 2 heterocycles. The second kappa shape index (κ2) is 8.61. The number of hydrogen-bond acceptors (Lipinski definition) is 5. The second-order valence-electron chi connectivity index (χ2n) is 9.20. The number of anilines is 1. The third-order valence-corrected chi connectivity index (χ3v) is 7.17. The molecule has 1 amide bonds. The molecule has 0 radical (unpaired) electrons. The van der Waals surface area contributed by atoms with Crippen LogP contribution in [0.25, 0.3) is 22.5 Å². The lowest BCUT2D eigenvalue weighted by molar-refractivity contribution is -0.134. The maximum atomic E-state index is 14.6. The number of aromatic nitrogens is 4. The number of piperazine rings is 1. The average molecular weight is 469 g/mol. The van der Waals surface area contributed by atoms with Gasteiger partial charge in [0.25, 0.3) is 0 Å². The molecule has 176 valence electrons. The fourth-order valence-electron chi connectivity index (χ4n) is 5.00. The van der Waals surface area contributed by atoms with E-state index >= 15 is 0 Å². The van der Waals surface area contributed by atoms with Crippen LogP contribution < -0.4 is 4.90 Å². The minimum Gasteiger partial charge on any atom is -0.368 e. The summed E-state index contributed by atoms with van der Waals surface area (Å²) in [5.74, 6) is 0.112. The lowest BCUT2D eigenvalue weighted by Crippen LogP contribution is -2.51. The van der Waals surface area contributed by atoms with Gasteiger partial charge in [-0.1, -0.05) is 48.5 Å². The van der Waals surface area contributed by atoms with Gasteiger partial charge in [-0.05, 0) is 59.0 Å². The Bertz CT molecular complexity index is 1330. The van der Waals surface area contributed by atoms with Crippen molar-refractivity contribution in [1.82, 2.24) is 25.5 Å². The predicted octanol–water partition coefficient (Wildman–Crippen LogP) is 4.05. The number of nitrogens with zero attached hydrogens (tertiary/aromatic N) is 5. The van der Waals surface area contributed by atoms with Crippen molar-refractivity contribution in [3.05, 3.63) is 84.2 Å². The van der Waals surface area contributed by atoms with Crippen LogP contribution in [-0.4, -0.2) is 57.6 Å². The zero-order chi connectivity index (χ0) is 23.8. The number of aromatic amines is 1. The predicted molar refractivity (Wildman–Crippen MR) is 131 cm³/mol. The lowest BCUT2D eigenvalue weighted by atomic mass is 9.94. The molecular formula is C27H25FN6O. The van der Waals surface area contributed by atoms with Gasteiger partial charge in [-0.25, -0.2) is 4.39 Å². The Hall–Kier alpha value is -4.07. The summed E-state index contributed by atoms with van der Waals surface area (Å²) in [6.07, 6.45) is 1.88. The van der Waals surface area contributed by atoms with E-state index in [0.717, 1.165) is 61.4 Å². The van der Waals surface area contributed by atoms with Crippen LogP contribution in [0, 0.1) is 5.82 Å². The molecule has 7 nitrogen and oxygen atoms in total. The molecule has 2 aliphatic rings. The first-order valence-electron chi connectivity index (χ1n) is 11.9. The quantitative estimate of drug-likeness (QED) is 0.478. The van der Waals surface area contributed by atoms with Crippen LogP contribution in [0.5, 0.6) is 0 Å². The summed E-state index contributed by atoms with van der Waals surface area (Å²) in [6.45, 7) is 3.03. The van der Waals surface area contributed by atoms with Gasteiger partial charge in [-0.15, -0.1) is 10.2 Å². The summed E-state index contributed by atoms with van der Waals surface area (Å²) in [5, 5.41) is 13.5. The van der Waals surface area contributed by atoms with Gasteiger partial charge < -0.3 is 9.80 Å². The molecule has 6 rings (SSSR count). The van der Waals surface area contributed by atoms with E-state index < -0.39 is 5.82 Å². The Morgan fingerprint density at radius 1 is 0.886 bits per heavy atom. The van der Waals surface area contributed by atoms with Crippen molar-refractivity contribution in [2.45, 2.75) is 18.3 Å². The van der Waals surface area contributed by atoms with Crippen LogP contribution in [0.2, 0.25) is 0 Å². The van der Waals surface area contributed by atoms with Crippen molar-refractivity contribution in [3.8, 4) is 22.5 Å². The molecule has 0 atom stereocenters. The SMILES string of the molecule is O=C(N1CCN(c2ccc(-c3ccc(-c4nn[nH]n4)c(F)c3)cc2)CC1)C1(c2ccccc2)CC1.